The minimum atomic E-state index is -0.486. The first-order chi connectivity index (χ1) is 16.5. The Morgan fingerprint density at radius 2 is 1.76 bits per heavy atom. The van der Waals surface area contributed by atoms with Crippen molar-refractivity contribution in [3.8, 4) is 11.4 Å². The lowest BCUT2D eigenvalue weighted by atomic mass is 10.2. The maximum absolute atomic E-state index is 14.5. The largest absolute Gasteiger partial charge is 0.465 e. The maximum atomic E-state index is 14.5. The van der Waals surface area contributed by atoms with E-state index in [-0.39, 0.29) is 11.7 Å². The van der Waals surface area contributed by atoms with E-state index in [9.17, 15) is 14.0 Å². The number of hydrogen-bond acceptors (Lipinski definition) is 6. The Balaban J connectivity index is 1.53. The summed E-state index contributed by atoms with van der Waals surface area (Å²) in [6.45, 7) is 0.419. The lowest BCUT2D eigenvalue weighted by Crippen LogP contribution is -2.15. The minimum absolute atomic E-state index is 0.0483. The van der Waals surface area contributed by atoms with Crippen LogP contribution in [0.1, 0.15) is 15.9 Å². The van der Waals surface area contributed by atoms with Gasteiger partial charge in [0.15, 0.2) is 11.0 Å². The maximum Gasteiger partial charge on any atom is 0.337 e. The molecule has 1 amide bonds. The molecule has 9 heteroatoms. The summed E-state index contributed by atoms with van der Waals surface area (Å²) in [7, 11) is 1.30. The molecular weight excluding hydrogens is 455 g/mol. The number of methoxy groups -OCH3 is 1. The second kappa shape index (κ2) is 10.8. The molecule has 7 nitrogen and oxygen atoms in total. The molecule has 0 aliphatic heterocycles. The predicted molar refractivity (Wildman–Crippen MR) is 128 cm³/mol. The van der Waals surface area contributed by atoms with Crippen LogP contribution in [0, 0.1) is 5.82 Å². The van der Waals surface area contributed by atoms with Gasteiger partial charge in [-0.2, -0.15) is 0 Å². The van der Waals surface area contributed by atoms with Gasteiger partial charge in [0, 0.05) is 5.69 Å². The number of carbonyl (C=O) groups excluding carboxylic acids is 2. The second-order valence-electron chi connectivity index (χ2n) is 7.27. The first-order valence-electron chi connectivity index (χ1n) is 10.4. The summed E-state index contributed by atoms with van der Waals surface area (Å²) in [4.78, 5) is 24.3. The van der Waals surface area contributed by atoms with Crippen molar-refractivity contribution in [2.45, 2.75) is 11.7 Å². The van der Waals surface area contributed by atoms with Gasteiger partial charge in [0.1, 0.15) is 5.82 Å². The Hall–Kier alpha value is -3.98. The number of thioether (sulfide) groups is 1. The van der Waals surface area contributed by atoms with Crippen LogP contribution >= 0.6 is 11.8 Å². The molecule has 1 N–H and O–H groups in total. The molecule has 0 saturated heterocycles. The molecule has 3 aromatic carbocycles. The summed E-state index contributed by atoms with van der Waals surface area (Å²) in [5.74, 6) is -0.736. The Morgan fingerprint density at radius 1 is 1.00 bits per heavy atom. The monoisotopic (exact) mass is 476 g/mol. The molecule has 0 bridgehead atoms. The number of halogens is 1. The van der Waals surface area contributed by atoms with Crippen LogP contribution in [0.3, 0.4) is 0 Å². The van der Waals surface area contributed by atoms with E-state index < -0.39 is 11.8 Å². The van der Waals surface area contributed by atoms with Crippen molar-refractivity contribution in [3.63, 3.8) is 0 Å². The third-order valence-corrected chi connectivity index (χ3v) is 5.88. The summed E-state index contributed by atoms with van der Waals surface area (Å²) >= 11 is 1.19. The average molecular weight is 477 g/mol. The first kappa shape index (κ1) is 23.2. The number of amides is 1. The summed E-state index contributed by atoms with van der Waals surface area (Å²) < 4.78 is 21.0. The number of rotatable bonds is 8. The standard InChI is InChI=1S/C25H21FN4O3S/c1-33-24(32)18-10-7-11-19(14-18)27-22(31)16-34-25-29-28-23(20-12-5-6-13-21(20)26)30(25)15-17-8-3-2-4-9-17/h2-14H,15-16H2,1H3,(H,27,31). The molecule has 0 unspecified atom stereocenters. The van der Waals surface area contributed by atoms with Crippen LogP contribution in [0.2, 0.25) is 0 Å². The number of esters is 1. The van der Waals surface area contributed by atoms with Gasteiger partial charge >= 0.3 is 5.97 Å². The normalized spacial score (nSPS) is 10.6. The van der Waals surface area contributed by atoms with Crippen molar-refractivity contribution >= 4 is 29.3 Å². The summed E-state index contributed by atoms with van der Waals surface area (Å²) in [5.41, 5.74) is 2.14. The highest BCUT2D eigenvalue weighted by Crippen LogP contribution is 2.27. The summed E-state index contributed by atoms with van der Waals surface area (Å²) in [6.07, 6.45) is 0. The van der Waals surface area contributed by atoms with Crippen LogP contribution in [-0.2, 0) is 16.1 Å². The molecule has 0 fully saturated rings. The number of aromatic nitrogens is 3. The zero-order valence-electron chi connectivity index (χ0n) is 18.3. The molecule has 0 aliphatic rings. The summed E-state index contributed by atoms with van der Waals surface area (Å²) in [5, 5.41) is 11.7. The van der Waals surface area contributed by atoms with Crippen LogP contribution in [0.5, 0.6) is 0 Å². The van der Waals surface area contributed by atoms with Gasteiger partial charge in [0.25, 0.3) is 0 Å². The van der Waals surface area contributed by atoms with Gasteiger partial charge in [-0.15, -0.1) is 10.2 Å². The van der Waals surface area contributed by atoms with E-state index in [0.29, 0.717) is 34.3 Å². The highest BCUT2D eigenvalue weighted by Gasteiger charge is 2.18. The van der Waals surface area contributed by atoms with Gasteiger partial charge in [-0.1, -0.05) is 60.3 Å². The molecule has 34 heavy (non-hydrogen) atoms. The van der Waals surface area contributed by atoms with Gasteiger partial charge in [-0.3, -0.25) is 9.36 Å². The SMILES string of the molecule is COC(=O)c1cccc(NC(=O)CSc2nnc(-c3ccccc3F)n2Cc2ccccc2)c1. The van der Waals surface area contributed by atoms with Gasteiger partial charge in [0.05, 0.1) is 30.5 Å². The van der Waals surface area contributed by atoms with Crippen molar-refractivity contribution in [3.05, 3.63) is 95.8 Å². The molecule has 0 radical (unpaired) electrons. The molecule has 4 aromatic rings. The molecule has 172 valence electrons. The molecular formula is C25H21FN4O3S. The number of hydrogen-bond donors (Lipinski definition) is 1. The molecule has 1 aromatic heterocycles. The van der Waals surface area contributed by atoms with Crippen LogP contribution < -0.4 is 5.32 Å². The van der Waals surface area contributed by atoms with Crippen LogP contribution in [-0.4, -0.2) is 39.5 Å². The zero-order valence-corrected chi connectivity index (χ0v) is 19.1. The Labute approximate surface area is 200 Å². The van der Waals surface area contributed by atoms with Crippen molar-refractivity contribution in [2.75, 3.05) is 18.2 Å². The lowest BCUT2D eigenvalue weighted by Gasteiger charge is -2.11. The molecule has 1 heterocycles. The second-order valence-corrected chi connectivity index (χ2v) is 8.21. The topological polar surface area (TPSA) is 86.1 Å². The number of carbonyl (C=O) groups is 2. The molecule has 0 saturated carbocycles. The lowest BCUT2D eigenvalue weighted by molar-refractivity contribution is -0.113. The van der Waals surface area contributed by atoms with E-state index in [2.05, 4.69) is 15.5 Å². The summed E-state index contributed by atoms with van der Waals surface area (Å²) in [6, 6.07) is 22.6. The smallest absolute Gasteiger partial charge is 0.337 e. The van der Waals surface area contributed by atoms with E-state index in [1.54, 1.807) is 47.0 Å². The highest BCUT2D eigenvalue weighted by molar-refractivity contribution is 7.99. The fourth-order valence-corrected chi connectivity index (χ4v) is 4.05. The first-order valence-corrected chi connectivity index (χ1v) is 11.4. The van der Waals surface area contributed by atoms with Gasteiger partial charge in [0.2, 0.25) is 5.91 Å². The van der Waals surface area contributed by atoms with Crippen LogP contribution in [0.4, 0.5) is 10.1 Å². The van der Waals surface area contributed by atoms with Gasteiger partial charge in [-0.05, 0) is 35.9 Å². The van der Waals surface area contributed by atoms with E-state index in [1.165, 1.54) is 24.9 Å². The Kier molecular flexibility index (Phi) is 7.34. The number of anilines is 1. The number of ether oxygens (including phenoxy) is 1. The zero-order chi connectivity index (χ0) is 23.9. The van der Waals surface area contributed by atoms with Crippen LogP contribution in [0.15, 0.2) is 84.0 Å². The third-order valence-electron chi connectivity index (χ3n) is 4.91. The van der Waals surface area contributed by atoms with Crippen molar-refractivity contribution in [1.29, 1.82) is 0 Å². The van der Waals surface area contributed by atoms with Crippen LogP contribution in [0.25, 0.3) is 11.4 Å². The molecule has 0 spiro atoms. The Morgan fingerprint density at radius 3 is 2.53 bits per heavy atom. The number of nitrogens with one attached hydrogen (secondary N) is 1. The number of benzene rings is 3. The van der Waals surface area contributed by atoms with Crippen molar-refractivity contribution < 1.29 is 18.7 Å². The Bertz CT molecular complexity index is 1310. The minimum Gasteiger partial charge on any atom is -0.465 e. The van der Waals surface area contributed by atoms with Crippen molar-refractivity contribution in [2.24, 2.45) is 0 Å². The van der Waals surface area contributed by atoms with E-state index in [4.69, 9.17) is 4.74 Å². The number of nitrogens with zero attached hydrogens (tertiary/aromatic N) is 3. The molecule has 0 atom stereocenters. The average Bonchev–Trinajstić information content (AvgIpc) is 3.25. The van der Waals surface area contributed by atoms with E-state index in [1.807, 2.05) is 30.3 Å². The van der Waals surface area contributed by atoms with Crippen molar-refractivity contribution in [1.82, 2.24) is 14.8 Å². The quantitative estimate of drug-likeness (QED) is 0.294. The van der Waals surface area contributed by atoms with E-state index >= 15 is 0 Å². The molecule has 0 aliphatic carbocycles. The van der Waals surface area contributed by atoms with E-state index in [0.717, 1.165) is 5.56 Å². The highest BCUT2D eigenvalue weighted by atomic mass is 32.2. The fourth-order valence-electron chi connectivity index (χ4n) is 3.31. The fraction of sp³-hybridized carbons (Fsp3) is 0.120. The van der Waals surface area contributed by atoms with Gasteiger partial charge < -0.3 is 10.1 Å². The molecule has 4 rings (SSSR count). The predicted octanol–water partition coefficient (Wildman–Crippen LogP) is 4.65. The third kappa shape index (κ3) is 5.49. The van der Waals surface area contributed by atoms with Gasteiger partial charge in [-0.25, -0.2) is 9.18 Å².